The van der Waals surface area contributed by atoms with Crippen molar-refractivity contribution in [2.24, 2.45) is 10.9 Å². The van der Waals surface area contributed by atoms with Crippen molar-refractivity contribution in [3.8, 4) is 0 Å². The van der Waals surface area contributed by atoms with Crippen molar-refractivity contribution < 1.29 is 65.4 Å². The van der Waals surface area contributed by atoms with Crippen LogP contribution in [0.4, 0.5) is 0 Å². The topological polar surface area (TPSA) is 12.4 Å². The zero-order valence-electron chi connectivity index (χ0n) is 6.09. The monoisotopic (exact) mass is 275 g/mol. The summed E-state index contributed by atoms with van der Waals surface area (Å²) < 4.78 is 0. The van der Waals surface area contributed by atoms with E-state index in [1.807, 2.05) is 6.92 Å². The second-order valence-electron chi connectivity index (χ2n) is 1.67. The standard InChI is InChI=1S/C6H11N.2Y/c1-4-7-5-6(2)3;;/h6H,2,5H2,1,3H3;;/q-2;;/t6-;;/m1../s1. The number of aliphatic imine (C=N–C) groups is 1. The van der Waals surface area contributed by atoms with Gasteiger partial charge >= 0.3 is 0 Å². The predicted octanol–water partition coefficient (Wildman–Crippen LogP) is 1.42. The first kappa shape index (κ1) is 17.1. The largest absolute Gasteiger partial charge is 0.505 e. The minimum absolute atomic E-state index is 0. The number of hydrogen-bond donors (Lipinski definition) is 0. The molecule has 0 aliphatic rings. The summed E-state index contributed by atoms with van der Waals surface area (Å²) >= 11 is 0. The van der Waals surface area contributed by atoms with Crippen molar-refractivity contribution >= 4 is 6.21 Å². The van der Waals surface area contributed by atoms with Gasteiger partial charge in [-0.2, -0.15) is 12.8 Å². The summed E-state index contributed by atoms with van der Waals surface area (Å²) in [6, 6.07) is 0. The maximum atomic E-state index is 3.86. The summed E-state index contributed by atoms with van der Waals surface area (Å²) in [5.74, 6) is 0.424. The Morgan fingerprint density at radius 1 is 1.56 bits per heavy atom. The van der Waals surface area contributed by atoms with Gasteiger partial charge in [0.05, 0.1) is 0 Å². The Bertz CT molecular complexity index is 62.1. The third kappa shape index (κ3) is 17.7. The fourth-order valence-corrected chi connectivity index (χ4v) is 0.247. The van der Waals surface area contributed by atoms with Gasteiger partial charge in [-0.3, -0.25) is 0 Å². The fourth-order valence-electron chi connectivity index (χ4n) is 0.247. The third-order valence-electron chi connectivity index (χ3n) is 0.561. The van der Waals surface area contributed by atoms with Gasteiger partial charge in [0.2, 0.25) is 0 Å². The minimum atomic E-state index is 0. The molecule has 3 heteroatoms. The zero-order chi connectivity index (χ0) is 5.70. The smallest absolute Gasteiger partial charge is 0 e. The SMILES string of the molecule is [CH2-][C@H](C)CN=[C-]C.[Y].[Y]. The van der Waals surface area contributed by atoms with Gasteiger partial charge in [0, 0.05) is 65.4 Å². The van der Waals surface area contributed by atoms with E-state index in [1.165, 1.54) is 0 Å². The Labute approximate surface area is 108 Å². The molecule has 0 heterocycles. The van der Waals surface area contributed by atoms with Crippen LogP contribution in [0.3, 0.4) is 0 Å². The molecule has 0 aromatic heterocycles. The van der Waals surface area contributed by atoms with Crippen molar-refractivity contribution in [2.75, 3.05) is 6.54 Å². The Morgan fingerprint density at radius 3 is 2.11 bits per heavy atom. The van der Waals surface area contributed by atoms with Crippen LogP contribution in [-0.2, 0) is 65.4 Å². The molecule has 0 aliphatic carbocycles. The van der Waals surface area contributed by atoms with Crippen LogP contribution in [0.5, 0.6) is 0 Å². The molecule has 0 unspecified atom stereocenters. The van der Waals surface area contributed by atoms with Crippen LogP contribution in [0.1, 0.15) is 13.8 Å². The van der Waals surface area contributed by atoms with Crippen molar-refractivity contribution in [3.05, 3.63) is 6.92 Å². The van der Waals surface area contributed by atoms with Gasteiger partial charge in [-0.1, -0.05) is 6.92 Å². The van der Waals surface area contributed by atoms with Crippen LogP contribution < -0.4 is 0 Å². The second-order valence-corrected chi connectivity index (χ2v) is 1.67. The minimum Gasteiger partial charge on any atom is -0.505 e. The quantitative estimate of drug-likeness (QED) is 0.534. The van der Waals surface area contributed by atoms with E-state index in [9.17, 15) is 0 Å². The predicted molar refractivity (Wildman–Crippen MR) is 32.5 cm³/mol. The fraction of sp³-hybridized carbons (Fsp3) is 0.667. The molecule has 0 aromatic rings. The van der Waals surface area contributed by atoms with Gasteiger partial charge < -0.3 is 18.1 Å². The molecule has 0 N–H and O–H groups in total. The van der Waals surface area contributed by atoms with Crippen LogP contribution >= 0.6 is 0 Å². The Morgan fingerprint density at radius 2 is 2.00 bits per heavy atom. The summed E-state index contributed by atoms with van der Waals surface area (Å²) in [7, 11) is 0. The zero-order valence-corrected chi connectivity index (χ0v) is 11.8. The van der Waals surface area contributed by atoms with Gasteiger partial charge in [-0.15, -0.1) is 0 Å². The van der Waals surface area contributed by atoms with Gasteiger partial charge in [-0.25, -0.2) is 0 Å². The summed E-state index contributed by atoms with van der Waals surface area (Å²) in [6.07, 6.45) is 2.68. The molecular formula is C6H11NY2-2. The van der Waals surface area contributed by atoms with Gasteiger partial charge in [-0.05, 0) is 6.54 Å². The molecule has 0 fully saturated rings. The van der Waals surface area contributed by atoms with Gasteiger partial charge in [0.1, 0.15) is 0 Å². The van der Waals surface area contributed by atoms with E-state index >= 15 is 0 Å². The summed E-state index contributed by atoms with van der Waals surface area (Å²) in [4.78, 5) is 3.86. The van der Waals surface area contributed by atoms with Crippen LogP contribution in [0.2, 0.25) is 0 Å². The first-order valence-corrected chi connectivity index (χ1v) is 2.43. The second kappa shape index (κ2) is 12.5. The van der Waals surface area contributed by atoms with Crippen LogP contribution in [0.25, 0.3) is 0 Å². The molecule has 0 spiro atoms. The van der Waals surface area contributed by atoms with E-state index in [2.05, 4.69) is 18.1 Å². The Kier molecular flexibility index (Phi) is 23.8. The normalized spacial score (nSPS) is 11.9. The van der Waals surface area contributed by atoms with Crippen molar-refractivity contribution in [1.82, 2.24) is 0 Å². The molecule has 9 heavy (non-hydrogen) atoms. The van der Waals surface area contributed by atoms with E-state index in [4.69, 9.17) is 0 Å². The summed E-state index contributed by atoms with van der Waals surface area (Å²) in [5, 5.41) is 0. The average Bonchev–Trinajstić information content (AvgIpc) is 1.61. The van der Waals surface area contributed by atoms with Crippen LogP contribution in [0.15, 0.2) is 4.99 Å². The summed E-state index contributed by atoms with van der Waals surface area (Å²) in [6.45, 7) is 8.37. The number of nitrogens with zero attached hydrogens (tertiary/aromatic N) is 1. The molecule has 2 radical (unpaired) electrons. The molecule has 0 rings (SSSR count). The molecule has 0 saturated carbocycles. The van der Waals surface area contributed by atoms with Crippen molar-refractivity contribution in [3.63, 3.8) is 0 Å². The maximum Gasteiger partial charge on any atom is 0 e. The average molecular weight is 275 g/mol. The van der Waals surface area contributed by atoms with Gasteiger partial charge in [0.15, 0.2) is 0 Å². The molecule has 1 atom stereocenters. The van der Waals surface area contributed by atoms with Crippen molar-refractivity contribution in [2.45, 2.75) is 13.8 Å². The van der Waals surface area contributed by atoms with E-state index < -0.39 is 0 Å². The molecule has 1 nitrogen and oxygen atoms in total. The Balaban J connectivity index is -0.000000180. The Hall–Kier alpha value is 1.88. The number of hydrogen-bond acceptors (Lipinski definition) is 1. The molecule has 48 valence electrons. The molecule has 0 saturated heterocycles. The van der Waals surface area contributed by atoms with Gasteiger partial charge in [0.25, 0.3) is 0 Å². The van der Waals surface area contributed by atoms with Crippen LogP contribution in [-0.4, -0.2) is 12.8 Å². The van der Waals surface area contributed by atoms with E-state index in [0.29, 0.717) is 5.92 Å². The van der Waals surface area contributed by atoms with E-state index in [0.717, 1.165) is 6.54 Å². The first-order chi connectivity index (χ1) is 3.27. The number of rotatable bonds is 2. The van der Waals surface area contributed by atoms with Crippen LogP contribution in [0, 0.1) is 12.8 Å². The maximum absolute atomic E-state index is 3.86. The molecule has 0 aliphatic heterocycles. The molecular weight excluding hydrogens is 264 g/mol. The third-order valence-corrected chi connectivity index (χ3v) is 0.561. The molecule has 0 amide bonds. The van der Waals surface area contributed by atoms with E-state index in [-0.39, 0.29) is 65.4 Å². The summed E-state index contributed by atoms with van der Waals surface area (Å²) in [5.41, 5.74) is 0. The molecule has 0 bridgehead atoms. The molecule has 0 aromatic carbocycles. The van der Waals surface area contributed by atoms with E-state index in [1.54, 1.807) is 6.92 Å². The first-order valence-electron chi connectivity index (χ1n) is 2.43. The van der Waals surface area contributed by atoms with Crippen molar-refractivity contribution in [1.29, 1.82) is 0 Å².